The van der Waals surface area contributed by atoms with Gasteiger partial charge in [0, 0.05) is 0 Å². The molecule has 0 rings (SSSR count). The topological polar surface area (TPSA) is 102 Å². The zero-order valence-electron chi connectivity index (χ0n) is 4.84. The third-order valence-corrected chi connectivity index (χ3v) is 0. The van der Waals surface area contributed by atoms with E-state index in [-0.39, 0.29) is 35.9 Å². The van der Waals surface area contributed by atoms with Crippen LogP contribution in [0.25, 0.3) is 0 Å². The Morgan fingerprint density at radius 3 is 0.455 bits per heavy atom. The number of hydrogen-bond acceptors (Lipinski definition) is 6. The summed E-state index contributed by atoms with van der Waals surface area (Å²) >= 11 is -7.52. The molecule has 0 amide bonds. The molecular weight excluding hydrogens is 960 g/mol. The SMILES string of the molecule is [As-3].[As-3].[O]=[U+2]=[O].[O]=[U+2]=[O].[O]=[U+2]=[O]. The first-order valence-electron chi connectivity index (χ1n) is 1.22. The van der Waals surface area contributed by atoms with Crippen LogP contribution >= 0.6 is 0 Å². The van der Waals surface area contributed by atoms with Crippen LogP contribution in [0.1, 0.15) is 0 Å². The third kappa shape index (κ3) is 170. The van der Waals surface area contributed by atoms with Crippen molar-refractivity contribution >= 4 is 35.9 Å². The van der Waals surface area contributed by atoms with Gasteiger partial charge in [0.15, 0.2) is 0 Å². The van der Waals surface area contributed by atoms with E-state index in [1.54, 1.807) is 0 Å². The zero-order valence-corrected chi connectivity index (χ0v) is 21.1. The van der Waals surface area contributed by atoms with Crippen molar-refractivity contribution in [1.82, 2.24) is 0 Å². The van der Waals surface area contributed by atoms with Gasteiger partial charge in [0.25, 0.3) is 0 Å². The second-order valence-corrected chi connectivity index (χ2v) is 2.33. The Morgan fingerprint density at radius 1 is 0.455 bits per heavy atom. The molecule has 0 fully saturated rings. The Morgan fingerprint density at radius 2 is 0.455 bits per heavy atom. The van der Waals surface area contributed by atoms with Crippen molar-refractivity contribution in [2.24, 2.45) is 0 Å². The van der Waals surface area contributed by atoms with Crippen molar-refractivity contribution in [2.75, 3.05) is 0 Å². The molecule has 0 radical (unpaired) electrons. The van der Waals surface area contributed by atoms with E-state index in [9.17, 15) is 0 Å². The Labute approximate surface area is 129 Å². The van der Waals surface area contributed by atoms with Gasteiger partial charge >= 0.3 is 96.9 Å². The van der Waals surface area contributed by atoms with Gasteiger partial charge in [-0.2, -0.15) is 0 Å². The zero-order chi connectivity index (χ0) is 8.12. The quantitative estimate of drug-likeness (QED) is 0.275. The molecule has 0 unspecified atom stereocenters. The molecular formula is As2O6U3. The molecule has 11 heavy (non-hydrogen) atoms. The van der Waals surface area contributed by atoms with E-state index >= 15 is 0 Å². The van der Waals surface area contributed by atoms with E-state index in [0.29, 0.717) is 0 Å². The molecule has 0 saturated heterocycles. The molecule has 6 nitrogen and oxygen atoms in total. The Kier molecular flexibility index (Phi) is 137. The van der Waals surface area contributed by atoms with Crippen LogP contribution in [0.5, 0.6) is 0 Å². The van der Waals surface area contributed by atoms with Crippen LogP contribution in [0.15, 0.2) is 0 Å². The first-order valence-corrected chi connectivity index (χ1v) is 11.4. The van der Waals surface area contributed by atoms with Crippen LogP contribution < -0.4 is 0 Å². The average Bonchev–Trinajstić information content (AvgIpc) is 1.70. The van der Waals surface area contributed by atoms with Gasteiger partial charge in [-0.3, -0.25) is 0 Å². The molecule has 0 aliphatic rings. The van der Waals surface area contributed by atoms with E-state index in [4.69, 9.17) is 13.4 Å². The first-order chi connectivity index (χ1) is 4.24. The molecule has 0 heterocycles. The molecule has 11 heteroatoms. The normalized spacial score (nSPS) is 2.18. The summed E-state index contributed by atoms with van der Waals surface area (Å²) < 4.78 is 51.5. The Bertz CT molecular complexity index is 107. The van der Waals surface area contributed by atoms with E-state index in [1.807, 2.05) is 0 Å². The minimum atomic E-state index is -2.51. The van der Waals surface area contributed by atoms with E-state index in [0.717, 1.165) is 0 Å². The summed E-state index contributed by atoms with van der Waals surface area (Å²) in [5.74, 6) is 0. The summed E-state index contributed by atoms with van der Waals surface area (Å²) in [6.07, 6.45) is 0. The van der Waals surface area contributed by atoms with Gasteiger partial charge in [0.05, 0.1) is 0 Å². The first kappa shape index (κ1) is 29.2. The van der Waals surface area contributed by atoms with Crippen molar-refractivity contribution in [3.63, 3.8) is 0 Å². The Hall–Kier alpha value is 3.07. The van der Waals surface area contributed by atoms with Crippen LogP contribution in [0, 0.1) is 83.5 Å². The molecule has 0 spiro atoms. The van der Waals surface area contributed by atoms with Gasteiger partial charge < -0.3 is 35.9 Å². The van der Waals surface area contributed by atoms with Crippen molar-refractivity contribution in [2.45, 2.75) is 0 Å². The van der Waals surface area contributed by atoms with Gasteiger partial charge in [-0.25, -0.2) is 0 Å². The van der Waals surface area contributed by atoms with Gasteiger partial charge in [-0.05, 0) is 0 Å². The fourth-order valence-electron chi connectivity index (χ4n) is 0. The van der Waals surface area contributed by atoms with Crippen LogP contribution in [-0.4, -0.2) is 35.9 Å². The molecule has 0 atom stereocenters. The Balaban J connectivity index is -0.0000000150. The van der Waals surface area contributed by atoms with Crippen molar-refractivity contribution < 1.29 is 96.9 Å². The second-order valence-electron chi connectivity index (χ2n) is 0.250. The summed E-state index contributed by atoms with van der Waals surface area (Å²) in [4.78, 5) is 0. The van der Waals surface area contributed by atoms with Gasteiger partial charge in [0.2, 0.25) is 0 Å². The molecule has 0 N–H and O–H groups in total. The molecule has 0 aliphatic carbocycles. The predicted molar refractivity (Wildman–Crippen MR) is 15.6 cm³/mol. The summed E-state index contributed by atoms with van der Waals surface area (Å²) in [7, 11) is 0. The van der Waals surface area contributed by atoms with Crippen molar-refractivity contribution in [3.05, 3.63) is 0 Å². The van der Waals surface area contributed by atoms with E-state index in [2.05, 4.69) is 0 Å². The molecule has 0 saturated carbocycles. The third-order valence-electron chi connectivity index (χ3n) is 0. The molecule has 58 valence electrons. The maximum atomic E-state index is 8.58. The van der Waals surface area contributed by atoms with Crippen LogP contribution in [0.2, 0.25) is 0 Å². The fourth-order valence-corrected chi connectivity index (χ4v) is 0. The molecule has 0 aliphatic heterocycles. The van der Waals surface area contributed by atoms with Crippen LogP contribution in [0.3, 0.4) is 0 Å². The average molecular weight is 960 g/mol. The molecule has 0 aromatic carbocycles. The summed E-state index contributed by atoms with van der Waals surface area (Å²) in [6, 6.07) is 0. The van der Waals surface area contributed by atoms with Gasteiger partial charge in [0.1, 0.15) is 0 Å². The minimum absolute atomic E-state index is 0. The van der Waals surface area contributed by atoms with E-state index < -0.39 is 83.5 Å². The monoisotopic (exact) mass is 960 g/mol. The fraction of sp³-hybridized carbons (Fsp3) is 0. The summed E-state index contributed by atoms with van der Waals surface area (Å²) in [5, 5.41) is 0. The van der Waals surface area contributed by atoms with Gasteiger partial charge in [-0.15, -0.1) is 0 Å². The van der Waals surface area contributed by atoms with Gasteiger partial charge in [-0.1, -0.05) is 0 Å². The van der Waals surface area contributed by atoms with Crippen molar-refractivity contribution in [3.8, 4) is 0 Å². The van der Waals surface area contributed by atoms with Crippen LogP contribution in [-0.2, 0) is 13.4 Å². The summed E-state index contributed by atoms with van der Waals surface area (Å²) in [6.45, 7) is 0. The maximum absolute atomic E-state index is 8.58. The predicted octanol–water partition coefficient (Wildman–Crippen LogP) is -1.47. The number of hydrogen-bond donors (Lipinski definition) is 0. The second kappa shape index (κ2) is 51.7. The van der Waals surface area contributed by atoms with Crippen LogP contribution in [0.4, 0.5) is 0 Å². The standard InChI is InChI=1S/2As.6O.3U/q2*-3;;;;;;;3*+2. The van der Waals surface area contributed by atoms with E-state index in [1.165, 1.54) is 0 Å². The number of rotatable bonds is 0. The molecule has 0 bridgehead atoms. The van der Waals surface area contributed by atoms with Crippen molar-refractivity contribution in [1.29, 1.82) is 0 Å². The molecule has 0 aromatic heterocycles. The summed E-state index contributed by atoms with van der Waals surface area (Å²) in [5.41, 5.74) is 0. The molecule has 0 aromatic rings.